The Morgan fingerprint density at radius 2 is 2.11 bits per heavy atom. The summed E-state index contributed by atoms with van der Waals surface area (Å²) >= 11 is 0. The maximum atomic E-state index is 11.2. The lowest BCUT2D eigenvalue weighted by molar-refractivity contribution is 0.0663. The first-order valence-corrected chi connectivity index (χ1v) is 6.37. The van der Waals surface area contributed by atoms with Gasteiger partial charge in [0.05, 0.1) is 0 Å². The fourth-order valence-corrected chi connectivity index (χ4v) is 2.32. The maximum Gasteiger partial charge on any atom is 0.372 e. The number of benzene rings is 1. The second-order valence-electron chi connectivity index (χ2n) is 4.60. The molecule has 2 rings (SSSR count). The van der Waals surface area contributed by atoms with Crippen molar-refractivity contribution in [2.45, 2.75) is 39.5 Å². The van der Waals surface area contributed by atoms with Gasteiger partial charge >= 0.3 is 5.97 Å². The Kier molecular flexibility index (Phi) is 3.41. The number of carboxylic acid groups (broad SMARTS) is 1. The van der Waals surface area contributed by atoms with Gasteiger partial charge in [0.25, 0.3) is 0 Å². The number of carboxylic acids is 1. The van der Waals surface area contributed by atoms with E-state index in [0.29, 0.717) is 12.3 Å². The molecule has 0 saturated carbocycles. The minimum atomic E-state index is -0.988. The normalized spacial score (nSPS) is 12.8. The summed E-state index contributed by atoms with van der Waals surface area (Å²) in [4.78, 5) is 11.2. The van der Waals surface area contributed by atoms with E-state index in [1.165, 1.54) is 0 Å². The van der Waals surface area contributed by atoms with Crippen molar-refractivity contribution in [2.24, 2.45) is 0 Å². The maximum absolute atomic E-state index is 11.2. The van der Waals surface area contributed by atoms with Crippen LogP contribution in [0.25, 0.3) is 11.0 Å². The third kappa shape index (κ3) is 1.90. The summed E-state index contributed by atoms with van der Waals surface area (Å²) in [5.41, 5.74) is 2.63. The SMILES string of the molecule is CCc1c(C(=O)O)oc2c(C(C)CC)cccc12. The molecule has 0 bridgehead atoms. The van der Waals surface area contributed by atoms with Crippen molar-refractivity contribution in [3.63, 3.8) is 0 Å². The number of aromatic carboxylic acids is 1. The van der Waals surface area contributed by atoms with Crippen molar-refractivity contribution in [3.8, 4) is 0 Å². The second-order valence-corrected chi connectivity index (χ2v) is 4.60. The Balaban J connectivity index is 2.75. The molecule has 2 aromatic rings. The molecule has 1 aromatic heterocycles. The van der Waals surface area contributed by atoms with Crippen molar-refractivity contribution >= 4 is 16.9 Å². The fraction of sp³-hybridized carbons (Fsp3) is 0.400. The minimum Gasteiger partial charge on any atom is -0.475 e. The summed E-state index contributed by atoms with van der Waals surface area (Å²) in [5, 5.41) is 10.1. The van der Waals surface area contributed by atoms with E-state index in [0.717, 1.165) is 28.5 Å². The lowest BCUT2D eigenvalue weighted by Crippen LogP contribution is -1.97. The van der Waals surface area contributed by atoms with Gasteiger partial charge in [0.15, 0.2) is 0 Å². The van der Waals surface area contributed by atoms with E-state index >= 15 is 0 Å². The highest BCUT2D eigenvalue weighted by atomic mass is 16.4. The Labute approximate surface area is 106 Å². The number of aryl methyl sites for hydroxylation is 1. The third-order valence-electron chi connectivity index (χ3n) is 3.54. The van der Waals surface area contributed by atoms with Gasteiger partial charge in [0.2, 0.25) is 5.76 Å². The fourth-order valence-electron chi connectivity index (χ4n) is 2.32. The molecule has 1 aromatic carbocycles. The minimum absolute atomic E-state index is 0.0863. The zero-order valence-corrected chi connectivity index (χ0v) is 11.0. The van der Waals surface area contributed by atoms with Gasteiger partial charge in [0, 0.05) is 10.9 Å². The molecular formula is C15H18O3. The van der Waals surface area contributed by atoms with Crippen LogP contribution in [-0.2, 0) is 6.42 Å². The monoisotopic (exact) mass is 246 g/mol. The van der Waals surface area contributed by atoms with Gasteiger partial charge in [-0.25, -0.2) is 4.79 Å². The number of hydrogen-bond acceptors (Lipinski definition) is 2. The van der Waals surface area contributed by atoms with Gasteiger partial charge in [-0.05, 0) is 24.3 Å². The van der Waals surface area contributed by atoms with Gasteiger partial charge in [-0.15, -0.1) is 0 Å². The van der Waals surface area contributed by atoms with Crippen LogP contribution in [0.4, 0.5) is 0 Å². The van der Waals surface area contributed by atoms with Crippen LogP contribution < -0.4 is 0 Å². The average Bonchev–Trinajstić information content (AvgIpc) is 2.76. The van der Waals surface area contributed by atoms with Gasteiger partial charge in [-0.3, -0.25) is 0 Å². The molecule has 3 nitrogen and oxygen atoms in total. The first-order valence-electron chi connectivity index (χ1n) is 6.37. The Morgan fingerprint density at radius 1 is 1.39 bits per heavy atom. The smallest absolute Gasteiger partial charge is 0.372 e. The van der Waals surface area contributed by atoms with E-state index in [9.17, 15) is 9.90 Å². The Bertz CT molecular complexity index is 581. The van der Waals surface area contributed by atoms with Crippen LogP contribution in [0.15, 0.2) is 22.6 Å². The molecule has 1 N–H and O–H groups in total. The van der Waals surface area contributed by atoms with E-state index < -0.39 is 5.97 Å². The number of rotatable bonds is 4. The zero-order chi connectivity index (χ0) is 13.3. The topological polar surface area (TPSA) is 50.4 Å². The van der Waals surface area contributed by atoms with Gasteiger partial charge < -0.3 is 9.52 Å². The van der Waals surface area contributed by atoms with E-state index in [1.807, 2.05) is 25.1 Å². The number of fused-ring (bicyclic) bond motifs is 1. The van der Waals surface area contributed by atoms with Crippen molar-refractivity contribution < 1.29 is 14.3 Å². The number of furan rings is 1. The summed E-state index contributed by atoms with van der Waals surface area (Å²) in [6.45, 7) is 6.20. The Morgan fingerprint density at radius 3 is 2.67 bits per heavy atom. The van der Waals surface area contributed by atoms with Crippen molar-refractivity contribution in [1.29, 1.82) is 0 Å². The van der Waals surface area contributed by atoms with Crippen molar-refractivity contribution in [1.82, 2.24) is 0 Å². The van der Waals surface area contributed by atoms with E-state index in [2.05, 4.69) is 13.8 Å². The highest BCUT2D eigenvalue weighted by Crippen LogP contribution is 2.33. The lowest BCUT2D eigenvalue weighted by Gasteiger charge is -2.08. The van der Waals surface area contributed by atoms with Gasteiger partial charge in [-0.2, -0.15) is 0 Å². The highest BCUT2D eigenvalue weighted by Gasteiger charge is 2.21. The Hall–Kier alpha value is -1.77. The zero-order valence-electron chi connectivity index (χ0n) is 11.0. The third-order valence-corrected chi connectivity index (χ3v) is 3.54. The number of carbonyl (C=O) groups is 1. The van der Waals surface area contributed by atoms with Crippen LogP contribution in [0.3, 0.4) is 0 Å². The highest BCUT2D eigenvalue weighted by molar-refractivity contribution is 5.96. The van der Waals surface area contributed by atoms with E-state index in [-0.39, 0.29) is 5.76 Å². The molecule has 1 heterocycles. The predicted octanol–water partition coefficient (Wildman–Crippen LogP) is 4.21. The van der Waals surface area contributed by atoms with Crippen molar-refractivity contribution in [2.75, 3.05) is 0 Å². The molecule has 0 aliphatic carbocycles. The molecule has 1 unspecified atom stereocenters. The number of hydrogen-bond donors (Lipinski definition) is 1. The van der Waals surface area contributed by atoms with Crippen LogP contribution in [0.5, 0.6) is 0 Å². The quantitative estimate of drug-likeness (QED) is 0.879. The molecule has 0 spiro atoms. The first kappa shape index (κ1) is 12.7. The molecule has 0 fully saturated rings. The largest absolute Gasteiger partial charge is 0.475 e. The van der Waals surface area contributed by atoms with Gasteiger partial charge in [-0.1, -0.05) is 39.0 Å². The molecule has 0 radical (unpaired) electrons. The summed E-state index contributed by atoms with van der Waals surface area (Å²) in [7, 11) is 0. The van der Waals surface area contributed by atoms with Crippen LogP contribution in [0.1, 0.15) is 54.8 Å². The molecule has 3 heteroatoms. The van der Waals surface area contributed by atoms with E-state index in [1.54, 1.807) is 0 Å². The predicted molar refractivity (Wildman–Crippen MR) is 71.3 cm³/mol. The summed E-state index contributed by atoms with van der Waals surface area (Å²) in [6, 6.07) is 5.94. The van der Waals surface area contributed by atoms with Crippen LogP contribution >= 0.6 is 0 Å². The molecule has 0 aliphatic rings. The summed E-state index contributed by atoms with van der Waals surface area (Å²) in [5.74, 6) is -0.535. The molecular weight excluding hydrogens is 228 g/mol. The average molecular weight is 246 g/mol. The van der Waals surface area contributed by atoms with Crippen LogP contribution in [0, 0.1) is 0 Å². The molecule has 18 heavy (non-hydrogen) atoms. The lowest BCUT2D eigenvalue weighted by atomic mass is 9.96. The standard InChI is InChI=1S/C15H18O3/c1-4-9(3)11-7-6-8-12-10(5-2)14(15(16)17)18-13(11)12/h6-9H,4-5H2,1-3H3,(H,16,17). The molecule has 0 amide bonds. The molecule has 0 saturated heterocycles. The van der Waals surface area contributed by atoms with E-state index in [4.69, 9.17) is 4.42 Å². The molecule has 1 atom stereocenters. The van der Waals surface area contributed by atoms with Crippen LogP contribution in [0.2, 0.25) is 0 Å². The number of para-hydroxylation sites is 1. The molecule has 96 valence electrons. The molecule has 0 aliphatic heterocycles. The van der Waals surface area contributed by atoms with Crippen molar-refractivity contribution in [3.05, 3.63) is 35.1 Å². The summed E-state index contributed by atoms with van der Waals surface area (Å²) < 4.78 is 5.61. The van der Waals surface area contributed by atoms with Crippen LogP contribution in [-0.4, -0.2) is 11.1 Å². The summed E-state index contributed by atoms with van der Waals surface area (Å²) in [6.07, 6.45) is 1.67. The second kappa shape index (κ2) is 4.84. The first-order chi connectivity index (χ1) is 8.60. The van der Waals surface area contributed by atoms with Gasteiger partial charge in [0.1, 0.15) is 5.58 Å².